The molecule has 0 aliphatic carbocycles. The van der Waals surface area contributed by atoms with E-state index in [2.05, 4.69) is 15.3 Å². The zero-order chi connectivity index (χ0) is 21.6. The highest BCUT2D eigenvalue weighted by atomic mass is 32.2. The van der Waals surface area contributed by atoms with Crippen LogP contribution in [0.1, 0.15) is 42.2 Å². The minimum atomic E-state index is -0.913. The Morgan fingerprint density at radius 2 is 2.03 bits per heavy atom. The molecule has 1 aromatic heterocycles. The Hall–Kier alpha value is -2.52. The third-order valence-electron chi connectivity index (χ3n) is 4.76. The lowest BCUT2D eigenvalue weighted by atomic mass is 9.87. The van der Waals surface area contributed by atoms with E-state index >= 15 is 0 Å². The summed E-state index contributed by atoms with van der Waals surface area (Å²) < 4.78 is 33.4. The Kier molecular flexibility index (Phi) is 7.38. The lowest BCUT2D eigenvalue weighted by Crippen LogP contribution is -2.26. The number of hydrogen-bond acceptors (Lipinski definition) is 6. The topological polar surface area (TPSA) is 89.6 Å². The largest absolute Gasteiger partial charge is 0.381 e. The van der Waals surface area contributed by atoms with E-state index in [-0.39, 0.29) is 5.69 Å². The molecule has 2 heterocycles. The first-order valence-electron chi connectivity index (χ1n) is 9.66. The number of anilines is 1. The van der Waals surface area contributed by atoms with Crippen LogP contribution in [-0.4, -0.2) is 35.0 Å². The number of carbonyl (C=O) groups excluding carboxylic acids is 1. The lowest BCUT2D eigenvalue weighted by Gasteiger charge is -2.27. The number of nitrogens with zero attached hydrogens (tertiary/aromatic N) is 2. The number of amidine groups is 1. The number of amides is 1. The number of rotatable bonds is 3. The SMILES string of the molecule is C[C@]1(c2cc(NC(=O)c3ccc(F)cn3)ccc2F)CCCOCCCSC(N)=N1. The highest BCUT2D eigenvalue weighted by Gasteiger charge is 2.30. The number of nitrogens with two attached hydrogens (primary N) is 1. The van der Waals surface area contributed by atoms with Crippen LogP contribution < -0.4 is 11.1 Å². The first-order valence-corrected chi connectivity index (χ1v) is 10.6. The van der Waals surface area contributed by atoms with Crippen molar-refractivity contribution >= 4 is 28.5 Å². The molecule has 30 heavy (non-hydrogen) atoms. The summed E-state index contributed by atoms with van der Waals surface area (Å²) in [6.45, 7) is 3.04. The molecule has 0 spiro atoms. The first kappa shape index (κ1) is 22.2. The van der Waals surface area contributed by atoms with Gasteiger partial charge < -0.3 is 15.8 Å². The van der Waals surface area contributed by atoms with E-state index in [1.54, 1.807) is 6.07 Å². The van der Waals surface area contributed by atoms with Gasteiger partial charge in [-0.25, -0.2) is 13.8 Å². The van der Waals surface area contributed by atoms with Crippen LogP contribution in [0.3, 0.4) is 0 Å². The van der Waals surface area contributed by atoms with Crippen molar-refractivity contribution in [3.63, 3.8) is 0 Å². The van der Waals surface area contributed by atoms with Gasteiger partial charge in [0.25, 0.3) is 5.91 Å². The van der Waals surface area contributed by atoms with Crippen LogP contribution >= 0.6 is 11.8 Å². The van der Waals surface area contributed by atoms with Crippen molar-refractivity contribution in [3.05, 3.63) is 59.4 Å². The normalized spacial score (nSPS) is 20.7. The molecule has 0 saturated carbocycles. The zero-order valence-electron chi connectivity index (χ0n) is 16.7. The molecule has 0 unspecified atom stereocenters. The number of aromatic nitrogens is 1. The van der Waals surface area contributed by atoms with Gasteiger partial charge in [0.15, 0.2) is 5.17 Å². The summed E-state index contributed by atoms with van der Waals surface area (Å²) in [5.74, 6) is -0.721. The molecule has 6 nitrogen and oxygen atoms in total. The number of carbonyl (C=O) groups is 1. The smallest absolute Gasteiger partial charge is 0.274 e. The molecule has 0 radical (unpaired) electrons. The number of ether oxygens (including phenoxy) is 1. The number of aliphatic imine (C=N–C) groups is 1. The van der Waals surface area contributed by atoms with Crippen LogP contribution in [0.15, 0.2) is 41.5 Å². The Labute approximate surface area is 178 Å². The Balaban J connectivity index is 1.88. The molecule has 1 aliphatic rings. The second-order valence-electron chi connectivity index (χ2n) is 7.15. The maximum absolute atomic E-state index is 14.8. The van der Waals surface area contributed by atoms with Gasteiger partial charge in [0, 0.05) is 30.2 Å². The molecule has 3 N–H and O–H groups in total. The van der Waals surface area contributed by atoms with Crippen LogP contribution in [0.4, 0.5) is 14.5 Å². The van der Waals surface area contributed by atoms with E-state index < -0.39 is 23.1 Å². The van der Waals surface area contributed by atoms with Crippen LogP contribution in [0.5, 0.6) is 0 Å². The summed E-state index contributed by atoms with van der Waals surface area (Å²) in [4.78, 5) is 20.8. The van der Waals surface area contributed by atoms with Crippen molar-refractivity contribution in [1.29, 1.82) is 0 Å². The fourth-order valence-corrected chi connectivity index (χ4v) is 3.94. The van der Waals surface area contributed by atoms with Crippen LogP contribution in [0.2, 0.25) is 0 Å². The van der Waals surface area contributed by atoms with Gasteiger partial charge >= 0.3 is 0 Å². The fourth-order valence-electron chi connectivity index (χ4n) is 3.21. The second-order valence-corrected chi connectivity index (χ2v) is 8.27. The Bertz CT molecular complexity index is 924. The number of benzene rings is 1. The molecule has 1 amide bonds. The molecular weight excluding hydrogens is 410 g/mol. The van der Waals surface area contributed by atoms with Gasteiger partial charge in [-0.3, -0.25) is 9.79 Å². The van der Waals surface area contributed by atoms with Crippen molar-refractivity contribution < 1.29 is 18.3 Å². The number of pyridine rings is 1. The summed E-state index contributed by atoms with van der Waals surface area (Å²) >= 11 is 1.42. The molecule has 9 heteroatoms. The number of nitrogens with one attached hydrogen (secondary N) is 1. The van der Waals surface area contributed by atoms with Crippen LogP contribution in [-0.2, 0) is 10.3 Å². The molecule has 0 bridgehead atoms. The highest BCUT2D eigenvalue weighted by Crippen LogP contribution is 2.35. The minimum absolute atomic E-state index is 0.0549. The summed E-state index contributed by atoms with van der Waals surface area (Å²) in [5, 5.41) is 3.07. The molecule has 1 aliphatic heterocycles. The zero-order valence-corrected chi connectivity index (χ0v) is 17.5. The van der Waals surface area contributed by atoms with E-state index in [1.165, 1.54) is 30.0 Å². The maximum Gasteiger partial charge on any atom is 0.274 e. The average molecular weight is 435 g/mol. The predicted octanol–water partition coefficient (Wildman–Crippen LogP) is 4.08. The molecule has 2 aromatic rings. The summed E-state index contributed by atoms with van der Waals surface area (Å²) in [7, 11) is 0. The van der Waals surface area contributed by atoms with Crippen LogP contribution in [0, 0.1) is 11.6 Å². The van der Waals surface area contributed by atoms with Gasteiger partial charge in [0.2, 0.25) is 0 Å². The molecule has 1 aromatic carbocycles. The van der Waals surface area contributed by atoms with Crippen molar-refractivity contribution in [2.24, 2.45) is 10.7 Å². The van der Waals surface area contributed by atoms with Crippen LogP contribution in [0.25, 0.3) is 0 Å². The van der Waals surface area contributed by atoms with Gasteiger partial charge in [-0.05, 0) is 56.5 Å². The Morgan fingerprint density at radius 1 is 1.23 bits per heavy atom. The van der Waals surface area contributed by atoms with Gasteiger partial charge in [-0.1, -0.05) is 11.8 Å². The quantitative estimate of drug-likeness (QED) is 0.760. The fraction of sp³-hybridized carbons (Fsp3) is 0.381. The van der Waals surface area contributed by atoms with E-state index in [1.807, 2.05) is 6.92 Å². The highest BCUT2D eigenvalue weighted by molar-refractivity contribution is 8.13. The predicted molar refractivity (Wildman–Crippen MR) is 115 cm³/mol. The van der Waals surface area contributed by atoms with Gasteiger partial charge in [-0.2, -0.15) is 0 Å². The summed E-state index contributed by atoms with van der Waals surface area (Å²) in [6.07, 6.45) is 3.05. The number of hydrogen-bond donors (Lipinski definition) is 2. The van der Waals surface area contributed by atoms with E-state index in [9.17, 15) is 13.6 Å². The van der Waals surface area contributed by atoms with Gasteiger partial charge in [0.05, 0.1) is 11.7 Å². The molecular formula is C21H24F2N4O2S. The maximum atomic E-state index is 14.8. The Morgan fingerprint density at radius 3 is 2.80 bits per heavy atom. The third-order valence-corrected chi connectivity index (χ3v) is 5.64. The number of thioether (sulfide) groups is 1. The van der Waals surface area contributed by atoms with Gasteiger partial charge in [-0.15, -0.1) is 0 Å². The third kappa shape index (κ3) is 5.76. The van der Waals surface area contributed by atoms with Gasteiger partial charge in [0.1, 0.15) is 17.3 Å². The van der Waals surface area contributed by atoms with Crippen molar-refractivity contribution in [1.82, 2.24) is 4.98 Å². The molecule has 0 saturated heterocycles. The monoisotopic (exact) mass is 434 g/mol. The van der Waals surface area contributed by atoms with Crippen molar-refractivity contribution in [2.45, 2.75) is 31.7 Å². The summed E-state index contributed by atoms with van der Waals surface area (Å²) in [5.41, 5.74) is 5.94. The van der Waals surface area contributed by atoms with Crippen molar-refractivity contribution in [3.8, 4) is 0 Å². The number of halogens is 2. The molecule has 1 atom stereocenters. The average Bonchev–Trinajstić information content (AvgIpc) is 2.75. The van der Waals surface area contributed by atoms with E-state index in [0.29, 0.717) is 42.5 Å². The second kappa shape index (κ2) is 9.99. The summed E-state index contributed by atoms with van der Waals surface area (Å²) in [6, 6.07) is 6.73. The molecule has 0 fully saturated rings. The standard InChI is InChI=1S/C21H24F2N4O2S/c1-21(8-2-9-29-10-3-11-30-20(24)27-21)16-12-15(5-6-17(16)23)26-19(28)18-7-4-14(22)13-25-18/h4-7,12-13H,2-3,8-11H2,1H3,(H2,24,27)(H,26,28)/t21-/m1/s1. The molecule has 160 valence electrons. The lowest BCUT2D eigenvalue weighted by molar-refractivity contribution is 0.102. The first-order chi connectivity index (χ1) is 14.4. The van der Waals surface area contributed by atoms with Crippen molar-refractivity contribution in [2.75, 3.05) is 24.3 Å². The molecule has 3 rings (SSSR count). The van der Waals surface area contributed by atoms with E-state index in [4.69, 9.17) is 10.5 Å². The minimum Gasteiger partial charge on any atom is -0.381 e. The van der Waals surface area contributed by atoms with E-state index in [0.717, 1.165) is 24.4 Å².